The average molecular weight is 331 g/mol. The van der Waals surface area contributed by atoms with E-state index in [1.54, 1.807) is 29.2 Å². The van der Waals surface area contributed by atoms with Crippen molar-refractivity contribution in [2.45, 2.75) is 33.6 Å². The van der Waals surface area contributed by atoms with Crippen molar-refractivity contribution in [3.8, 4) is 0 Å². The van der Waals surface area contributed by atoms with Crippen LogP contribution >= 0.6 is 0 Å². The van der Waals surface area contributed by atoms with Gasteiger partial charge in [-0.15, -0.1) is 0 Å². The molecule has 0 aromatic heterocycles. The lowest BCUT2D eigenvalue weighted by molar-refractivity contribution is -0.123. The number of nitrogens with two attached hydrogens (primary N) is 1. The molecule has 1 heterocycles. The third-order valence-electron chi connectivity index (χ3n) is 4.16. The fourth-order valence-electron chi connectivity index (χ4n) is 2.62. The lowest BCUT2D eigenvalue weighted by atomic mass is 9.95. The van der Waals surface area contributed by atoms with Crippen LogP contribution in [0.1, 0.15) is 44.0 Å². The fourth-order valence-corrected chi connectivity index (χ4v) is 2.62. The summed E-state index contributed by atoms with van der Waals surface area (Å²) in [7, 11) is 0. The number of rotatable bonds is 3. The van der Waals surface area contributed by atoms with E-state index in [0.29, 0.717) is 24.3 Å². The Morgan fingerprint density at radius 1 is 1.25 bits per heavy atom. The maximum absolute atomic E-state index is 12.7. The molecule has 1 fully saturated rings. The predicted molar refractivity (Wildman–Crippen MR) is 92.3 cm³/mol. The van der Waals surface area contributed by atoms with Gasteiger partial charge in [0.05, 0.1) is 5.92 Å². The SMILES string of the molecule is CC(C)(C)C(=O)Nc1cccc(C(=O)N2CCCC(C(N)=O)C2)c1. The summed E-state index contributed by atoms with van der Waals surface area (Å²) in [5.41, 5.74) is 5.93. The highest BCUT2D eigenvalue weighted by Gasteiger charge is 2.28. The van der Waals surface area contributed by atoms with Crippen LogP contribution in [0.2, 0.25) is 0 Å². The van der Waals surface area contributed by atoms with Gasteiger partial charge < -0.3 is 16.0 Å². The minimum Gasteiger partial charge on any atom is -0.369 e. The molecule has 3 N–H and O–H groups in total. The number of hydrogen-bond acceptors (Lipinski definition) is 3. The zero-order chi connectivity index (χ0) is 17.9. The van der Waals surface area contributed by atoms with Crippen molar-refractivity contribution in [1.82, 2.24) is 4.90 Å². The van der Waals surface area contributed by atoms with Crippen LogP contribution in [-0.4, -0.2) is 35.7 Å². The van der Waals surface area contributed by atoms with Crippen LogP contribution in [0.5, 0.6) is 0 Å². The molecule has 0 spiro atoms. The summed E-state index contributed by atoms with van der Waals surface area (Å²) in [6.45, 7) is 6.45. The van der Waals surface area contributed by atoms with Crippen molar-refractivity contribution in [1.29, 1.82) is 0 Å². The molecule has 1 aliphatic heterocycles. The van der Waals surface area contributed by atoms with E-state index in [1.165, 1.54) is 0 Å². The maximum atomic E-state index is 12.7. The first kappa shape index (κ1) is 18.0. The van der Waals surface area contributed by atoms with E-state index >= 15 is 0 Å². The van der Waals surface area contributed by atoms with E-state index in [2.05, 4.69) is 5.32 Å². The van der Waals surface area contributed by atoms with Gasteiger partial charge >= 0.3 is 0 Å². The molecule has 0 radical (unpaired) electrons. The Labute approximate surface area is 142 Å². The minimum absolute atomic E-state index is 0.112. The normalized spacial score (nSPS) is 18.1. The first-order valence-electron chi connectivity index (χ1n) is 8.18. The third-order valence-corrected chi connectivity index (χ3v) is 4.16. The number of amides is 3. The Morgan fingerprint density at radius 2 is 1.96 bits per heavy atom. The fraction of sp³-hybridized carbons (Fsp3) is 0.500. The van der Waals surface area contributed by atoms with Crippen LogP contribution in [0.15, 0.2) is 24.3 Å². The lowest BCUT2D eigenvalue weighted by Gasteiger charge is -2.31. The number of carbonyl (C=O) groups is 3. The molecule has 6 nitrogen and oxygen atoms in total. The molecule has 1 unspecified atom stereocenters. The first-order valence-corrected chi connectivity index (χ1v) is 8.18. The van der Waals surface area contributed by atoms with Gasteiger partial charge in [-0.3, -0.25) is 14.4 Å². The minimum atomic E-state index is -0.512. The van der Waals surface area contributed by atoms with Gasteiger partial charge in [0.1, 0.15) is 0 Å². The van der Waals surface area contributed by atoms with Crippen LogP contribution in [-0.2, 0) is 9.59 Å². The lowest BCUT2D eigenvalue weighted by Crippen LogP contribution is -2.44. The van der Waals surface area contributed by atoms with Crippen molar-refractivity contribution in [2.75, 3.05) is 18.4 Å². The number of nitrogens with one attached hydrogen (secondary N) is 1. The second-order valence-corrected chi connectivity index (χ2v) is 7.28. The highest BCUT2D eigenvalue weighted by Crippen LogP contribution is 2.21. The highest BCUT2D eigenvalue weighted by atomic mass is 16.2. The summed E-state index contributed by atoms with van der Waals surface area (Å²) in [6, 6.07) is 6.87. The monoisotopic (exact) mass is 331 g/mol. The topological polar surface area (TPSA) is 92.5 Å². The van der Waals surface area contributed by atoms with Crippen LogP contribution in [0.4, 0.5) is 5.69 Å². The molecule has 6 heteroatoms. The molecule has 1 aliphatic rings. The van der Waals surface area contributed by atoms with E-state index in [4.69, 9.17) is 5.73 Å². The first-order chi connectivity index (χ1) is 11.2. The maximum Gasteiger partial charge on any atom is 0.253 e. The van der Waals surface area contributed by atoms with Crippen LogP contribution in [0.3, 0.4) is 0 Å². The molecule has 1 saturated heterocycles. The molecule has 2 rings (SSSR count). The van der Waals surface area contributed by atoms with E-state index in [-0.39, 0.29) is 23.6 Å². The number of nitrogens with zero attached hydrogens (tertiary/aromatic N) is 1. The zero-order valence-corrected chi connectivity index (χ0v) is 14.5. The van der Waals surface area contributed by atoms with Gasteiger partial charge in [0.2, 0.25) is 11.8 Å². The molecule has 1 aromatic rings. The Balaban J connectivity index is 2.11. The van der Waals surface area contributed by atoms with Crippen molar-refractivity contribution in [2.24, 2.45) is 17.1 Å². The second kappa shape index (κ2) is 7.03. The van der Waals surface area contributed by atoms with Crippen molar-refractivity contribution >= 4 is 23.4 Å². The predicted octanol–water partition coefficient (Wildman–Crippen LogP) is 2.01. The van der Waals surface area contributed by atoms with Crippen molar-refractivity contribution in [3.05, 3.63) is 29.8 Å². The second-order valence-electron chi connectivity index (χ2n) is 7.28. The zero-order valence-electron chi connectivity index (χ0n) is 14.5. The summed E-state index contributed by atoms with van der Waals surface area (Å²) >= 11 is 0. The van der Waals surface area contributed by atoms with Gasteiger partial charge in [0.15, 0.2) is 0 Å². The molecule has 130 valence electrons. The molecule has 1 atom stereocenters. The van der Waals surface area contributed by atoms with E-state index in [1.807, 2.05) is 20.8 Å². The van der Waals surface area contributed by atoms with Gasteiger partial charge in [-0.05, 0) is 31.0 Å². The molecule has 3 amide bonds. The summed E-state index contributed by atoms with van der Waals surface area (Å²) in [5, 5.41) is 2.82. The number of primary amides is 1. The largest absolute Gasteiger partial charge is 0.369 e. The van der Waals surface area contributed by atoms with Crippen molar-refractivity contribution in [3.63, 3.8) is 0 Å². The Morgan fingerprint density at radius 3 is 2.58 bits per heavy atom. The molecule has 24 heavy (non-hydrogen) atoms. The van der Waals surface area contributed by atoms with Gasteiger partial charge in [-0.2, -0.15) is 0 Å². The van der Waals surface area contributed by atoms with Gasteiger partial charge in [-0.1, -0.05) is 26.8 Å². The highest BCUT2D eigenvalue weighted by molar-refractivity contribution is 5.98. The number of likely N-dealkylation sites (tertiary alicyclic amines) is 1. The molecular formula is C18H25N3O3. The van der Waals surface area contributed by atoms with Crippen LogP contribution in [0, 0.1) is 11.3 Å². The van der Waals surface area contributed by atoms with E-state index in [9.17, 15) is 14.4 Å². The average Bonchev–Trinajstić information content (AvgIpc) is 2.53. The van der Waals surface area contributed by atoms with Crippen LogP contribution < -0.4 is 11.1 Å². The smallest absolute Gasteiger partial charge is 0.253 e. The Bertz CT molecular complexity index is 649. The summed E-state index contributed by atoms with van der Waals surface area (Å²) in [5.74, 6) is -0.906. The molecule has 0 saturated carbocycles. The number of carbonyl (C=O) groups excluding carboxylic acids is 3. The number of benzene rings is 1. The molecular weight excluding hydrogens is 306 g/mol. The van der Waals surface area contributed by atoms with Gasteiger partial charge in [0.25, 0.3) is 5.91 Å². The number of piperidine rings is 1. The van der Waals surface area contributed by atoms with E-state index in [0.717, 1.165) is 12.8 Å². The summed E-state index contributed by atoms with van der Waals surface area (Å²) in [6.07, 6.45) is 1.49. The number of hydrogen-bond donors (Lipinski definition) is 2. The van der Waals surface area contributed by atoms with Gasteiger partial charge in [0, 0.05) is 29.8 Å². The number of anilines is 1. The van der Waals surface area contributed by atoms with E-state index < -0.39 is 5.41 Å². The van der Waals surface area contributed by atoms with Gasteiger partial charge in [-0.25, -0.2) is 0 Å². The quantitative estimate of drug-likeness (QED) is 0.887. The summed E-state index contributed by atoms with van der Waals surface area (Å²) < 4.78 is 0. The van der Waals surface area contributed by atoms with Crippen molar-refractivity contribution < 1.29 is 14.4 Å². The summed E-state index contributed by atoms with van der Waals surface area (Å²) in [4.78, 5) is 37.8. The Kier molecular flexibility index (Phi) is 5.26. The third kappa shape index (κ3) is 4.34. The molecule has 0 aliphatic carbocycles. The standard InChI is InChI=1S/C18H25N3O3/c1-18(2,3)17(24)20-14-8-4-6-12(10-14)16(23)21-9-5-7-13(11-21)15(19)22/h4,6,8,10,13H,5,7,9,11H2,1-3H3,(H2,19,22)(H,20,24). The molecule has 1 aromatic carbocycles. The Hall–Kier alpha value is -2.37. The van der Waals surface area contributed by atoms with Crippen LogP contribution in [0.25, 0.3) is 0 Å². The molecule has 0 bridgehead atoms.